The Hall–Kier alpha value is -1.16. The molecule has 1 N–H and O–H groups in total. The number of aromatic nitrogens is 2. The summed E-state index contributed by atoms with van der Waals surface area (Å²) in [4.78, 5) is 10.9. The van der Waals surface area contributed by atoms with Gasteiger partial charge in [0, 0.05) is 25.0 Å². The van der Waals surface area contributed by atoms with Gasteiger partial charge in [0.25, 0.3) is 0 Å². The molecule has 4 heteroatoms. The molecule has 1 aromatic rings. The highest BCUT2D eigenvalue weighted by Gasteiger charge is 2.17. The third-order valence-corrected chi connectivity index (χ3v) is 2.85. The number of likely N-dealkylation sites (N-methyl/N-ethyl adjacent to an activating group) is 1. The Bertz CT molecular complexity index is 326. The summed E-state index contributed by atoms with van der Waals surface area (Å²) < 4.78 is 0. The number of likely N-dealkylation sites (tertiary alicyclic amines) is 1. The Kier molecular flexibility index (Phi) is 3.16. The lowest BCUT2D eigenvalue weighted by Gasteiger charge is -2.30. The lowest BCUT2D eigenvalue weighted by Crippen LogP contribution is -2.40. The van der Waals surface area contributed by atoms with Crippen LogP contribution >= 0.6 is 0 Å². The summed E-state index contributed by atoms with van der Waals surface area (Å²) in [6.45, 7) is 4.29. The second-order valence-corrected chi connectivity index (χ2v) is 4.24. The van der Waals surface area contributed by atoms with Crippen molar-refractivity contribution in [3.63, 3.8) is 0 Å². The van der Waals surface area contributed by atoms with Crippen molar-refractivity contribution in [3.05, 3.63) is 18.1 Å². The Morgan fingerprint density at radius 3 is 2.93 bits per heavy atom. The summed E-state index contributed by atoms with van der Waals surface area (Å²) in [7, 11) is 2.16. The molecule has 0 spiro atoms. The van der Waals surface area contributed by atoms with Gasteiger partial charge in [-0.15, -0.1) is 0 Å². The third kappa shape index (κ3) is 2.65. The number of rotatable bonds is 2. The molecule has 4 nitrogen and oxygen atoms in total. The van der Waals surface area contributed by atoms with Crippen LogP contribution in [0, 0.1) is 6.92 Å². The monoisotopic (exact) mass is 206 g/mol. The molecule has 0 aliphatic carbocycles. The van der Waals surface area contributed by atoms with E-state index in [1.165, 1.54) is 19.4 Å². The van der Waals surface area contributed by atoms with Gasteiger partial charge in [-0.3, -0.25) is 4.98 Å². The minimum absolute atomic E-state index is 0.513. The summed E-state index contributed by atoms with van der Waals surface area (Å²) in [6.07, 6.45) is 5.95. The fraction of sp³-hybridized carbons (Fsp3) is 0.636. The average Bonchev–Trinajstić information content (AvgIpc) is 2.22. The van der Waals surface area contributed by atoms with Crippen LogP contribution in [0.2, 0.25) is 0 Å². The van der Waals surface area contributed by atoms with Gasteiger partial charge in [-0.05, 0) is 33.4 Å². The zero-order valence-electron chi connectivity index (χ0n) is 9.40. The summed E-state index contributed by atoms with van der Waals surface area (Å²) >= 11 is 0. The number of hydrogen-bond donors (Lipinski definition) is 1. The first-order valence-electron chi connectivity index (χ1n) is 5.48. The van der Waals surface area contributed by atoms with Gasteiger partial charge in [-0.25, -0.2) is 4.98 Å². The number of nitrogens with one attached hydrogen (secondary N) is 1. The van der Waals surface area contributed by atoms with E-state index in [1.807, 2.05) is 6.92 Å². The molecule has 0 saturated carbocycles. The van der Waals surface area contributed by atoms with E-state index < -0.39 is 0 Å². The van der Waals surface area contributed by atoms with Crippen molar-refractivity contribution in [2.45, 2.75) is 25.8 Å². The second-order valence-electron chi connectivity index (χ2n) is 4.24. The van der Waals surface area contributed by atoms with Gasteiger partial charge >= 0.3 is 0 Å². The van der Waals surface area contributed by atoms with Crippen LogP contribution in [0.15, 0.2) is 12.4 Å². The molecule has 0 aromatic carbocycles. The Morgan fingerprint density at radius 1 is 1.40 bits per heavy atom. The van der Waals surface area contributed by atoms with Gasteiger partial charge in [0.1, 0.15) is 5.82 Å². The molecule has 0 amide bonds. The quantitative estimate of drug-likeness (QED) is 0.791. The maximum absolute atomic E-state index is 4.31. The molecular formula is C11H18N4. The number of aryl methyl sites for hydroxylation is 1. The normalized spacial score (nSPS) is 22.7. The molecular weight excluding hydrogens is 188 g/mol. The van der Waals surface area contributed by atoms with Crippen LogP contribution in [0.3, 0.4) is 0 Å². The van der Waals surface area contributed by atoms with Crippen molar-refractivity contribution in [2.24, 2.45) is 0 Å². The van der Waals surface area contributed by atoms with Gasteiger partial charge in [-0.1, -0.05) is 0 Å². The minimum Gasteiger partial charge on any atom is -0.365 e. The molecule has 1 aromatic heterocycles. The number of piperidine rings is 1. The maximum atomic E-state index is 4.31. The fourth-order valence-corrected chi connectivity index (χ4v) is 2.03. The molecule has 15 heavy (non-hydrogen) atoms. The van der Waals surface area contributed by atoms with Crippen molar-refractivity contribution in [1.29, 1.82) is 0 Å². The predicted octanol–water partition coefficient (Wildman–Crippen LogP) is 1.29. The van der Waals surface area contributed by atoms with Crippen molar-refractivity contribution in [1.82, 2.24) is 14.9 Å². The van der Waals surface area contributed by atoms with E-state index in [-0.39, 0.29) is 0 Å². The molecule has 1 saturated heterocycles. The largest absolute Gasteiger partial charge is 0.365 e. The molecule has 2 rings (SSSR count). The standard InChI is InChI=1S/C11H18N4/c1-9-11(13-6-5-12-9)14-10-4-3-7-15(2)8-10/h5-6,10H,3-4,7-8H2,1-2H3,(H,13,14). The summed E-state index contributed by atoms with van der Waals surface area (Å²) in [6, 6.07) is 0.513. The van der Waals surface area contributed by atoms with Gasteiger partial charge in [0.05, 0.1) is 5.69 Å². The highest BCUT2D eigenvalue weighted by molar-refractivity contribution is 5.39. The fourth-order valence-electron chi connectivity index (χ4n) is 2.03. The SMILES string of the molecule is Cc1nccnc1NC1CCCN(C)C1. The molecule has 0 bridgehead atoms. The summed E-state index contributed by atoms with van der Waals surface area (Å²) in [5.74, 6) is 0.929. The van der Waals surface area contributed by atoms with E-state index in [1.54, 1.807) is 12.4 Å². The van der Waals surface area contributed by atoms with Gasteiger partial charge in [0.2, 0.25) is 0 Å². The molecule has 1 aliphatic heterocycles. The van der Waals surface area contributed by atoms with Crippen LogP contribution in [-0.2, 0) is 0 Å². The molecule has 1 aliphatic rings. The van der Waals surface area contributed by atoms with E-state index in [2.05, 4.69) is 27.2 Å². The van der Waals surface area contributed by atoms with Crippen LogP contribution in [0.1, 0.15) is 18.5 Å². The van der Waals surface area contributed by atoms with Crippen molar-refractivity contribution < 1.29 is 0 Å². The minimum atomic E-state index is 0.513. The number of hydrogen-bond acceptors (Lipinski definition) is 4. The molecule has 0 radical (unpaired) electrons. The van der Waals surface area contributed by atoms with Gasteiger partial charge in [-0.2, -0.15) is 0 Å². The average molecular weight is 206 g/mol. The van der Waals surface area contributed by atoms with Crippen LogP contribution in [-0.4, -0.2) is 41.0 Å². The molecule has 1 unspecified atom stereocenters. The van der Waals surface area contributed by atoms with Gasteiger partial charge in [0.15, 0.2) is 0 Å². The Morgan fingerprint density at radius 2 is 2.20 bits per heavy atom. The summed E-state index contributed by atoms with van der Waals surface area (Å²) in [5.41, 5.74) is 0.978. The van der Waals surface area contributed by atoms with E-state index in [4.69, 9.17) is 0 Å². The van der Waals surface area contributed by atoms with Crippen molar-refractivity contribution in [3.8, 4) is 0 Å². The van der Waals surface area contributed by atoms with Gasteiger partial charge < -0.3 is 10.2 Å². The zero-order chi connectivity index (χ0) is 10.7. The topological polar surface area (TPSA) is 41.1 Å². The Labute approximate surface area is 90.7 Å². The highest BCUT2D eigenvalue weighted by atomic mass is 15.2. The predicted molar refractivity (Wildman–Crippen MR) is 60.9 cm³/mol. The Balaban J connectivity index is 1.99. The van der Waals surface area contributed by atoms with Crippen molar-refractivity contribution in [2.75, 3.05) is 25.5 Å². The van der Waals surface area contributed by atoms with E-state index in [0.29, 0.717) is 6.04 Å². The highest BCUT2D eigenvalue weighted by Crippen LogP contribution is 2.14. The second kappa shape index (κ2) is 4.57. The molecule has 2 heterocycles. The van der Waals surface area contributed by atoms with Crippen LogP contribution in [0.25, 0.3) is 0 Å². The van der Waals surface area contributed by atoms with Crippen LogP contribution in [0.5, 0.6) is 0 Å². The van der Waals surface area contributed by atoms with Crippen LogP contribution < -0.4 is 5.32 Å². The van der Waals surface area contributed by atoms with Crippen molar-refractivity contribution >= 4 is 5.82 Å². The third-order valence-electron chi connectivity index (χ3n) is 2.85. The first kappa shape index (κ1) is 10.4. The summed E-state index contributed by atoms with van der Waals surface area (Å²) in [5, 5.41) is 3.46. The molecule has 1 fully saturated rings. The van der Waals surface area contributed by atoms with E-state index >= 15 is 0 Å². The first-order chi connectivity index (χ1) is 7.25. The van der Waals surface area contributed by atoms with Crippen LogP contribution in [0.4, 0.5) is 5.82 Å². The number of nitrogens with zero attached hydrogens (tertiary/aromatic N) is 3. The zero-order valence-corrected chi connectivity index (χ0v) is 9.40. The number of anilines is 1. The lowest BCUT2D eigenvalue weighted by molar-refractivity contribution is 0.260. The van der Waals surface area contributed by atoms with E-state index in [9.17, 15) is 0 Å². The lowest BCUT2D eigenvalue weighted by atomic mass is 10.1. The van der Waals surface area contributed by atoms with E-state index in [0.717, 1.165) is 18.1 Å². The molecule has 82 valence electrons. The molecule has 1 atom stereocenters. The smallest absolute Gasteiger partial charge is 0.147 e. The maximum Gasteiger partial charge on any atom is 0.147 e. The first-order valence-corrected chi connectivity index (χ1v) is 5.48.